The van der Waals surface area contributed by atoms with Crippen molar-refractivity contribution in [2.24, 2.45) is 0 Å². The largest absolute Gasteiger partial charge is 0.490 e. The van der Waals surface area contributed by atoms with Crippen molar-refractivity contribution in [2.75, 3.05) is 19.1 Å². The van der Waals surface area contributed by atoms with E-state index in [0.29, 0.717) is 53.1 Å². The van der Waals surface area contributed by atoms with Crippen LogP contribution in [0.2, 0.25) is 0 Å². The van der Waals surface area contributed by atoms with E-state index in [2.05, 4.69) is 4.98 Å². The standard InChI is InChI=1S/C21H18N4O4/c22-25-7-5-17-15(21(25)27)11-14-16(23-17)4-6-24(20(14)26)12-13-2-3-18-19(10-13)29-9-1-8-28-18/h2-7,10-11H,1,8-9,12,22H2. The van der Waals surface area contributed by atoms with E-state index in [9.17, 15) is 9.59 Å². The molecule has 0 radical (unpaired) electrons. The van der Waals surface area contributed by atoms with E-state index in [4.69, 9.17) is 15.3 Å². The van der Waals surface area contributed by atoms with Gasteiger partial charge >= 0.3 is 0 Å². The number of nitrogens with two attached hydrogens (primary N) is 1. The van der Waals surface area contributed by atoms with Gasteiger partial charge < -0.3 is 19.9 Å². The summed E-state index contributed by atoms with van der Waals surface area (Å²) in [4.78, 5) is 29.8. The topological polar surface area (TPSA) is 101 Å². The van der Waals surface area contributed by atoms with Crippen molar-refractivity contribution in [3.05, 3.63) is 75.1 Å². The number of hydrogen-bond acceptors (Lipinski definition) is 6. The molecule has 8 heteroatoms. The molecule has 5 rings (SSSR count). The molecule has 3 aromatic heterocycles. The monoisotopic (exact) mass is 390 g/mol. The maximum Gasteiger partial charge on any atom is 0.278 e. The van der Waals surface area contributed by atoms with E-state index in [1.807, 2.05) is 18.2 Å². The molecule has 1 aromatic carbocycles. The highest BCUT2D eigenvalue weighted by Crippen LogP contribution is 2.30. The molecule has 0 saturated heterocycles. The number of ether oxygens (including phenoxy) is 2. The Kier molecular flexibility index (Phi) is 3.97. The first-order valence-corrected chi connectivity index (χ1v) is 9.29. The van der Waals surface area contributed by atoms with Crippen molar-refractivity contribution < 1.29 is 9.47 Å². The van der Waals surface area contributed by atoms with Crippen molar-refractivity contribution in [3.63, 3.8) is 0 Å². The number of aromatic nitrogens is 3. The van der Waals surface area contributed by atoms with Gasteiger partial charge in [-0.3, -0.25) is 9.59 Å². The molecule has 0 bridgehead atoms. The first-order valence-electron chi connectivity index (χ1n) is 9.29. The SMILES string of the molecule is Nn1ccc2nc3ccn(Cc4ccc5c(c4)OCCCO5)c(=O)c3cc2c1=O. The third-order valence-corrected chi connectivity index (χ3v) is 5.01. The summed E-state index contributed by atoms with van der Waals surface area (Å²) in [5.74, 6) is 7.04. The molecule has 1 aliphatic heterocycles. The highest BCUT2D eigenvalue weighted by Gasteiger charge is 2.13. The number of pyridine rings is 3. The Hall–Kier alpha value is -3.81. The van der Waals surface area contributed by atoms with E-state index in [1.54, 1.807) is 29.0 Å². The maximum atomic E-state index is 13.0. The molecule has 0 atom stereocenters. The van der Waals surface area contributed by atoms with Crippen LogP contribution in [0.15, 0.2) is 58.4 Å². The van der Waals surface area contributed by atoms with Crippen molar-refractivity contribution in [1.82, 2.24) is 14.2 Å². The Labute approximate surface area is 164 Å². The Bertz CT molecular complexity index is 1370. The smallest absolute Gasteiger partial charge is 0.278 e. The number of nitrogens with zero attached hydrogens (tertiary/aromatic N) is 3. The third-order valence-electron chi connectivity index (χ3n) is 5.01. The van der Waals surface area contributed by atoms with Crippen LogP contribution in [0, 0.1) is 0 Å². The van der Waals surface area contributed by atoms with Gasteiger partial charge in [-0.2, -0.15) is 0 Å². The summed E-state index contributed by atoms with van der Waals surface area (Å²) in [6.07, 6.45) is 3.99. The zero-order valence-electron chi connectivity index (χ0n) is 15.5. The van der Waals surface area contributed by atoms with Crippen LogP contribution >= 0.6 is 0 Å². The van der Waals surface area contributed by atoms with Gasteiger partial charge in [0.15, 0.2) is 11.5 Å². The molecule has 0 unspecified atom stereocenters. The molecule has 4 aromatic rings. The summed E-state index contributed by atoms with van der Waals surface area (Å²) in [6, 6.07) is 10.7. The second kappa shape index (κ2) is 6.66. The molecule has 0 spiro atoms. The highest BCUT2D eigenvalue weighted by molar-refractivity contribution is 5.91. The van der Waals surface area contributed by atoms with Gasteiger partial charge in [-0.1, -0.05) is 6.07 Å². The van der Waals surface area contributed by atoms with Gasteiger partial charge in [0, 0.05) is 18.8 Å². The fraction of sp³-hybridized carbons (Fsp3) is 0.190. The summed E-state index contributed by atoms with van der Waals surface area (Å²) in [5, 5.41) is 0.686. The highest BCUT2D eigenvalue weighted by atomic mass is 16.5. The lowest BCUT2D eigenvalue weighted by Gasteiger charge is -2.11. The molecule has 1 aliphatic rings. The summed E-state index contributed by atoms with van der Waals surface area (Å²) in [7, 11) is 0. The van der Waals surface area contributed by atoms with E-state index in [1.165, 1.54) is 6.20 Å². The molecule has 0 amide bonds. The predicted octanol–water partition coefficient (Wildman–Crippen LogP) is 1.63. The zero-order chi connectivity index (χ0) is 20.0. The normalized spacial score (nSPS) is 13.5. The number of hydrogen-bond donors (Lipinski definition) is 1. The maximum absolute atomic E-state index is 13.0. The minimum Gasteiger partial charge on any atom is -0.490 e. The molecule has 0 saturated carbocycles. The Morgan fingerprint density at radius 1 is 0.897 bits per heavy atom. The Balaban J connectivity index is 1.59. The van der Waals surface area contributed by atoms with Crippen molar-refractivity contribution in [1.29, 1.82) is 0 Å². The zero-order valence-corrected chi connectivity index (χ0v) is 15.5. The molecule has 29 heavy (non-hydrogen) atoms. The molecule has 0 aliphatic carbocycles. The molecular formula is C21H18N4O4. The van der Waals surface area contributed by atoms with Crippen LogP contribution in [0.25, 0.3) is 21.8 Å². The molecule has 2 N–H and O–H groups in total. The van der Waals surface area contributed by atoms with Gasteiger partial charge in [0.1, 0.15) is 0 Å². The molecular weight excluding hydrogens is 372 g/mol. The van der Waals surface area contributed by atoms with Crippen LogP contribution in [0.1, 0.15) is 12.0 Å². The second-order valence-electron chi connectivity index (χ2n) is 6.96. The molecule has 4 heterocycles. The first kappa shape index (κ1) is 17.3. The van der Waals surface area contributed by atoms with Gasteiger partial charge in [0.05, 0.1) is 41.6 Å². The predicted molar refractivity (Wildman–Crippen MR) is 109 cm³/mol. The lowest BCUT2D eigenvalue weighted by molar-refractivity contribution is 0.297. The number of rotatable bonds is 2. The van der Waals surface area contributed by atoms with Gasteiger partial charge in [-0.15, -0.1) is 0 Å². The quantitative estimate of drug-likeness (QED) is 0.412. The van der Waals surface area contributed by atoms with Gasteiger partial charge in [-0.05, 0) is 35.9 Å². The van der Waals surface area contributed by atoms with Crippen molar-refractivity contribution in [3.8, 4) is 11.5 Å². The number of fused-ring (bicyclic) bond motifs is 3. The van der Waals surface area contributed by atoms with Gasteiger partial charge in [0.25, 0.3) is 11.1 Å². The van der Waals surface area contributed by atoms with Crippen LogP contribution < -0.4 is 26.4 Å². The molecule has 0 fully saturated rings. The molecule has 8 nitrogen and oxygen atoms in total. The average Bonchev–Trinajstić information content (AvgIpc) is 2.97. The van der Waals surface area contributed by atoms with E-state index in [0.717, 1.165) is 16.7 Å². The van der Waals surface area contributed by atoms with Crippen LogP contribution in [0.4, 0.5) is 0 Å². The fourth-order valence-electron chi connectivity index (χ4n) is 3.51. The average molecular weight is 390 g/mol. The summed E-state index contributed by atoms with van der Waals surface area (Å²) >= 11 is 0. The van der Waals surface area contributed by atoms with Gasteiger partial charge in [-0.25, -0.2) is 9.66 Å². The lowest BCUT2D eigenvalue weighted by Crippen LogP contribution is -2.27. The third kappa shape index (κ3) is 2.98. The van der Waals surface area contributed by atoms with E-state index in [-0.39, 0.29) is 5.56 Å². The second-order valence-corrected chi connectivity index (χ2v) is 6.96. The van der Waals surface area contributed by atoms with Crippen molar-refractivity contribution in [2.45, 2.75) is 13.0 Å². The summed E-state index contributed by atoms with van der Waals surface area (Å²) in [6.45, 7) is 1.59. The Morgan fingerprint density at radius 3 is 2.45 bits per heavy atom. The van der Waals surface area contributed by atoms with E-state index >= 15 is 0 Å². The lowest BCUT2D eigenvalue weighted by atomic mass is 10.1. The summed E-state index contributed by atoms with van der Waals surface area (Å²) in [5.41, 5.74) is 1.33. The van der Waals surface area contributed by atoms with Crippen molar-refractivity contribution >= 4 is 21.8 Å². The summed E-state index contributed by atoms with van der Waals surface area (Å²) < 4.78 is 13.9. The van der Waals surface area contributed by atoms with Crippen LogP contribution in [-0.4, -0.2) is 27.4 Å². The van der Waals surface area contributed by atoms with E-state index < -0.39 is 5.56 Å². The Morgan fingerprint density at radius 2 is 1.62 bits per heavy atom. The van der Waals surface area contributed by atoms with Crippen LogP contribution in [-0.2, 0) is 6.54 Å². The first-order chi connectivity index (χ1) is 14.1. The number of nitrogen functional groups attached to an aromatic ring is 1. The minimum atomic E-state index is -0.394. The molecule has 146 valence electrons. The van der Waals surface area contributed by atoms with Crippen LogP contribution in [0.5, 0.6) is 11.5 Å². The fourth-order valence-corrected chi connectivity index (χ4v) is 3.51. The number of benzene rings is 1. The van der Waals surface area contributed by atoms with Crippen LogP contribution in [0.3, 0.4) is 0 Å². The minimum absolute atomic E-state index is 0.226. The van der Waals surface area contributed by atoms with Gasteiger partial charge in [0.2, 0.25) is 0 Å².